The molecule has 1 aromatic carbocycles. The summed E-state index contributed by atoms with van der Waals surface area (Å²) in [6, 6.07) is 4.65. The highest BCUT2D eigenvalue weighted by Gasteiger charge is 2.35. The number of benzene rings is 1. The number of hydrogen-bond donors (Lipinski definition) is 1. The highest BCUT2D eigenvalue weighted by atomic mass is 16.5. The van der Waals surface area contributed by atoms with E-state index in [2.05, 4.69) is 31.0 Å². The standard InChI is InChI=1S/C16H24N2O2/c1-10-6-12-7-15(19-3)13(8-14(12)20-10)16-11(9-17)4-5-18(16)2/h7-8,10-11,16H,4-6,9,17H2,1-3H3. The molecule has 110 valence electrons. The summed E-state index contributed by atoms with van der Waals surface area (Å²) >= 11 is 0. The third kappa shape index (κ3) is 2.17. The van der Waals surface area contributed by atoms with Crippen molar-refractivity contribution in [2.45, 2.75) is 31.9 Å². The van der Waals surface area contributed by atoms with E-state index in [-0.39, 0.29) is 6.10 Å². The molecule has 1 saturated heterocycles. The zero-order valence-corrected chi connectivity index (χ0v) is 12.6. The van der Waals surface area contributed by atoms with Gasteiger partial charge in [-0.1, -0.05) is 0 Å². The van der Waals surface area contributed by atoms with Crippen LogP contribution in [0.15, 0.2) is 12.1 Å². The predicted molar refractivity (Wildman–Crippen MR) is 79.3 cm³/mol. The second-order valence-corrected chi connectivity index (χ2v) is 6.04. The van der Waals surface area contributed by atoms with Crippen LogP contribution in [0.3, 0.4) is 0 Å². The lowest BCUT2D eigenvalue weighted by atomic mass is 9.92. The molecular weight excluding hydrogens is 252 g/mol. The number of nitrogens with zero attached hydrogens (tertiary/aromatic N) is 1. The maximum atomic E-state index is 5.95. The first-order chi connectivity index (χ1) is 9.63. The highest BCUT2D eigenvalue weighted by molar-refractivity contribution is 5.50. The normalized spacial score (nSPS) is 29.3. The molecule has 0 bridgehead atoms. The van der Waals surface area contributed by atoms with E-state index in [4.69, 9.17) is 15.2 Å². The van der Waals surface area contributed by atoms with E-state index in [1.54, 1.807) is 7.11 Å². The minimum atomic E-state index is 0.261. The van der Waals surface area contributed by atoms with Crippen LogP contribution in [0.25, 0.3) is 0 Å². The molecule has 1 aromatic rings. The predicted octanol–water partition coefficient (Wildman–Crippen LogP) is 1.97. The van der Waals surface area contributed by atoms with Gasteiger partial charge < -0.3 is 15.2 Å². The van der Waals surface area contributed by atoms with Crippen LogP contribution >= 0.6 is 0 Å². The summed E-state index contributed by atoms with van der Waals surface area (Å²) in [5.74, 6) is 2.48. The smallest absolute Gasteiger partial charge is 0.124 e. The quantitative estimate of drug-likeness (QED) is 0.917. The Hall–Kier alpha value is -1.26. The Morgan fingerprint density at radius 3 is 2.95 bits per heavy atom. The van der Waals surface area contributed by atoms with E-state index in [9.17, 15) is 0 Å². The summed E-state index contributed by atoms with van der Waals surface area (Å²) in [7, 11) is 3.91. The van der Waals surface area contributed by atoms with Gasteiger partial charge in [0.05, 0.1) is 7.11 Å². The van der Waals surface area contributed by atoms with Gasteiger partial charge in [0.25, 0.3) is 0 Å². The third-order valence-electron chi connectivity index (χ3n) is 4.64. The Kier molecular flexibility index (Phi) is 3.61. The van der Waals surface area contributed by atoms with Crippen molar-refractivity contribution in [2.75, 3.05) is 27.2 Å². The Balaban J connectivity index is 2.02. The van der Waals surface area contributed by atoms with Crippen molar-refractivity contribution in [1.29, 1.82) is 0 Å². The van der Waals surface area contributed by atoms with Crippen molar-refractivity contribution in [3.8, 4) is 11.5 Å². The molecule has 4 heteroatoms. The fourth-order valence-corrected chi connectivity index (χ4v) is 3.63. The SMILES string of the molecule is COc1cc2c(cc1C1C(CN)CCN1C)OC(C)C2. The monoisotopic (exact) mass is 276 g/mol. The summed E-state index contributed by atoms with van der Waals surface area (Å²) in [6.45, 7) is 3.91. The van der Waals surface area contributed by atoms with Crippen molar-refractivity contribution >= 4 is 0 Å². The largest absolute Gasteiger partial charge is 0.496 e. The van der Waals surface area contributed by atoms with Crippen LogP contribution in [0, 0.1) is 5.92 Å². The van der Waals surface area contributed by atoms with Crippen molar-refractivity contribution in [3.05, 3.63) is 23.3 Å². The zero-order chi connectivity index (χ0) is 14.3. The molecule has 20 heavy (non-hydrogen) atoms. The number of hydrogen-bond acceptors (Lipinski definition) is 4. The first kappa shape index (κ1) is 13.7. The maximum absolute atomic E-state index is 5.95. The van der Waals surface area contributed by atoms with Crippen LogP contribution in [0.4, 0.5) is 0 Å². The molecule has 3 atom stereocenters. The molecule has 0 aliphatic carbocycles. The average Bonchev–Trinajstić information content (AvgIpc) is 2.98. The Bertz CT molecular complexity index is 503. The molecule has 0 spiro atoms. The Morgan fingerprint density at radius 2 is 2.25 bits per heavy atom. The van der Waals surface area contributed by atoms with E-state index in [1.165, 1.54) is 11.1 Å². The van der Waals surface area contributed by atoms with Gasteiger partial charge in [-0.3, -0.25) is 4.90 Å². The molecule has 2 aliphatic heterocycles. The molecule has 1 fully saturated rings. The second-order valence-electron chi connectivity index (χ2n) is 6.04. The fourth-order valence-electron chi connectivity index (χ4n) is 3.63. The van der Waals surface area contributed by atoms with Gasteiger partial charge >= 0.3 is 0 Å². The van der Waals surface area contributed by atoms with Gasteiger partial charge in [0, 0.05) is 23.6 Å². The Morgan fingerprint density at radius 1 is 1.45 bits per heavy atom. The van der Waals surface area contributed by atoms with Crippen molar-refractivity contribution in [1.82, 2.24) is 4.90 Å². The molecule has 3 unspecified atom stereocenters. The molecular formula is C16H24N2O2. The molecule has 0 saturated carbocycles. The number of ether oxygens (including phenoxy) is 2. The number of nitrogens with two attached hydrogens (primary N) is 1. The van der Waals surface area contributed by atoms with Gasteiger partial charge in [0.15, 0.2) is 0 Å². The first-order valence-electron chi connectivity index (χ1n) is 7.41. The lowest BCUT2D eigenvalue weighted by molar-refractivity contribution is 0.250. The number of rotatable bonds is 3. The van der Waals surface area contributed by atoms with E-state index >= 15 is 0 Å². The Labute approximate surface area is 120 Å². The van der Waals surface area contributed by atoms with E-state index in [0.717, 1.165) is 30.9 Å². The summed E-state index contributed by atoms with van der Waals surface area (Å²) in [5, 5.41) is 0. The van der Waals surface area contributed by atoms with Gasteiger partial charge in [-0.15, -0.1) is 0 Å². The molecule has 2 heterocycles. The minimum Gasteiger partial charge on any atom is -0.496 e. The molecule has 3 rings (SSSR count). The summed E-state index contributed by atoms with van der Waals surface area (Å²) in [6.07, 6.45) is 2.37. The molecule has 2 N–H and O–H groups in total. The van der Waals surface area contributed by atoms with Gasteiger partial charge in [-0.25, -0.2) is 0 Å². The summed E-state index contributed by atoms with van der Waals surface area (Å²) < 4.78 is 11.5. The summed E-state index contributed by atoms with van der Waals surface area (Å²) in [5.41, 5.74) is 8.42. The van der Waals surface area contributed by atoms with Crippen LogP contribution in [0.2, 0.25) is 0 Å². The van der Waals surface area contributed by atoms with Gasteiger partial charge in [0.2, 0.25) is 0 Å². The summed E-state index contributed by atoms with van der Waals surface area (Å²) in [4.78, 5) is 2.38. The lowest BCUT2D eigenvalue weighted by Gasteiger charge is -2.27. The van der Waals surface area contributed by atoms with Crippen LogP contribution in [-0.4, -0.2) is 38.3 Å². The van der Waals surface area contributed by atoms with Gasteiger partial charge in [-0.2, -0.15) is 0 Å². The van der Waals surface area contributed by atoms with Crippen LogP contribution < -0.4 is 15.2 Å². The zero-order valence-electron chi connectivity index (χ0n) is 12.6. The van der Waals surface area contributed by atoms with E-state index in [0.29, 0.717) is 18.5 Å². The highest BCUT2D eigenvalue weighted by Crippen LogP contribution is 2.44. The molecule has 0 amide bonds. The van der Waals surface area contributed by atoms with Crippen molar-refractivity contribution in [3.63, 3.8) is 0 Å². The minimum absolute atomic E-state index is 0.261. The maximum Gasteiger partial charge on any atom is 0.124 e. The van der Waals surface area contributed by atoms with E-state index < -0.39 is 0 Å². The third-order valence-corrected chi connectivity index (χ3v) is 4.64. The number of fused-ring (bicyclic) bond motifs is 1. The average molecular weight is 276 g/mol. The molecule has 2 aliphatic rings. The van der Waals surface area contributed by atoms with Crippen LogP contribution in [0.1, 0.15) is 30.5 Å². The molecule has 0 radical (unpaired) electrons. The van der Waals surface area contributed by atoms with Crippen LogP contribution in [-0.2, 0) is 6.42 Å². The topological polar surface area (TPSA) is 47.7 Å². The van der Waals surface area contributed by atoms with Crippen molar-refractivity contribution < 1.29 is 9.47 Å². The van der Waals surface area contributed by atoms with Crippen molar-refractivity contribution in [2.24, 2.45) is 11.7 Å². The van der Waals surface area contributed by atoms with Gasteiger partial charge in [0.1, 0.15) is 17.6 Å². The van der Waals surface area contributed by atoms with Crippen LogP contribution in [0.5, 0.6) is 11.5 Å². The van der Waals surface area contributed by atoms with E-state index in [1.807, 2.05) is 0 Å². The first-order valence-corrected chi connectivity index (χ1v) is 7.41. The number of likely N-dealkylation sites (tertiary alicyclic amines) is 1. The molecule has 4 nitrogen and oxygen atoms in total. The molecule has 0 aromatic heterocycles. The second kappa shape index (κ2) is 5.26. The number of methoxy groups -OCH3 is 1. The van der Waals surface area contributed by atoms with Gasteiger partial charge in [-0.05, 0) is 51.5 Å². The fraction of sp³-hybridized carbons (Fsp3) is 0.625. The lowest BCUT2D eigenvalue weighted by Crippen LogP contribution is -2.25.